The van der Waals surface area contributed by atoms with Crippen molar-refractivity contribution in [2.45, 2.75) is 38.6 Å². The molecule has 0 bridgehead atoms. The number of benzene rings is 1. The van der Waals surface area contributed by atoms with Crippen molar-refractivity contribution in [1.29, 1.82) is 0 Å². The van der Waals surface area contributed by atoms with Crippen LogP contribution in [0.25, 0.3) is 0 Å². The van der Waals surface area contributed by atoms with Gasteiger partial charge in [0.25, 0.3) is 0 Å². The summed E-state index contributed by atoms with van der Waals surface area (Å²) in [6.07, 6.45) is -0.424. The zero-order valence-corrected chi connectivity index (χ0v) is 13.0. The minimum atomic E-state index is -1.17. The molecule has 0 radical (unpaired) electrons. The van der Waals surface area contributed by atoms with Gasteiger partial charge < -0.3 is 10.3 Å². The van der Waals surface area contributed by atoms with E-state index in [0.717, 1.165) is 15.6 Å². The summed E-state index contributed by atoms with van der Waals surface area (Å²) in [5, 5.41) is 0. The standard InChI is InChI=1S/C12H19BrN2OS/c1-8-9(6-5-7-10(8)13)11(14)15-17(16)12(2,3)4/h5-7,11,15H,14H2,1-4H3/t11-,17?/m0/s1. The topological polar surface area (TPSA) is 61.1 Å². The van der Waals surface area contributed by atoms with E-state index in [2.05, 4.69) is 20.7 Å². The second-order valence-corrected chi connectivity index (χ2v) is 7.78. The van der Waals surface area contributed by atoms with Crippen LogP contribution in [0, 0.1) is 6.92 Å². The van der Waals surface area contributed by atoms with Crippen LogP contribution >= 0.6 is 15.9 Å². The van der Waals surface area contributed by atoms with Gasteiger partial charge in [-0.15, -0.1) is 4.72 Å². The van der Waals surface area contributed by atoms with Crippen molar-refractivity contribution in [3.8, 4) is 0 Å². The Morgan fingerprint density at radius 3 is 2.53 bits per heavy atom. The minimum absolute atomic E-state index is 0.322. The molecule has 1 rings (SSSR count). The highest BCUT2D eigenvalue weighted by Gasteiger charge is 2.28. The van der Waals surface area contributed by atoms with Crippen molar-refractivity contribution in [3.63, 3.8) is 0 Å². The third-order valence-corrected chi connectivity index (χ3v) is 4.87. The van der Waals surface area contributed by atoms with Gasteiger partial charge in [-0.25, -0.2) is 0 Å². The molecule has 0 spiro atoms. The number of rotatable bonds is 3. The maximum atomic E-state index is 12.0. The Kier molecular flexibility index (Phi) is 5.04. The fraction of sp³-hybridized carbons (Fsp3) is 0.500. The Morgan fingerprint density at radius 2 is 2.00 bits per heavy atom. The Balaban J connectivity index is 2.84. The molecule has 1 aromatic rings. The monoisotopic (exact) mass is 318 g/mol. The van der Waals surface area contributed by atoms with Crippen molar-refractivity contribution < 1.29 is 4.55 Å². The second-order valence-electron chi connectivity index (χ2n) is 4.93. The van der Waals surface area contributed by atoms with E-state index in [4.69, 9.17) is 5.73 Å². The lowest BCUT2D eigenvalue weighted by atomic mass is 10.1. The van der Waals surface area contributed by atoms with E-state index in [1.165, 1.54) is 0 Å². The van der Waals surface area contributed by atoms with Crippen LogP contribution in [0.2, 0.25) is 0 Å². The Morgan fingerprint density at radius 1 is 1.41 bits per heavy atom. The lowest BCUT2D eigenvalue weighted by Gasteiger charge is -2.27. The molecule has 5 heteroatoms. The summed E-state index contributed by atoms with van der Waals surface area (Å²) in [6, 6.07) is 5.83. The molecule has 0 heterocycles. The third-order valence-electron chi connectivity index (χ3n) is 2.43. The van der Waals surface area contributed by atoms with Crippen LogP contribution in [0.4, 0.5) is 0 Å². The van der Waals surface area contributed by atoms with Crippen molar-refractivity contribution >= 4 is 27.3 Å². The van der Waals surface area contributed by atoms with Crippen molar-refractivity contribution in [1.82, 2.24) is 4.72 Å². The van der Waals surface area contributed by atoms with Crippen LogP contribution in [-0.4, -0.2) is 9.30 Å². The van der Waals surface area contributed by atoms with Gasteiger partial charge in [0.05, 0.1) is 0 Å². The predicted octanol–water partition coefficient (Wildman–Crippen LogP) is 2.77. The molecule has 3 N–H and O–H groups in total. The van der Waals surface area contributed by atoms with Crippen LogP contribution in [0.3, 0.4) is 0 Å². The number of nitrogens with two attached hydrogens (primary N) is 1. The molecule has 96 valence electrons. The molecule has 3 nitrogen and oxygen atoms in total. The number of halogens is 1. The van der Waals surface area contributed by atoms with Crippen molar-refractivity contribution in [2.75, 3.05) is 0 Å². The van der Waals surface area contributed by atoms with Crippen LogP contribution in [0.5, 0.6) is 0 Å². The molecule has 0 fully saturated rings. The number of hydrogen-bond donors (Lipinski definition) is 2. The second kappa shape index (κ2) is 5.71. The predicted molar refractivity (Wildman–Crippen MR) is 76.8 cm³/mol. The number of hydrogen-bond acceptors (Lipinski definition) is 3. The maximum Gasteiger partial charge on any atom is 0.137 e. The van der Waals surface area contributed by atoms with Crippen LogP contribution in [0.1, 0.15) is 38.1 Å². The van der Waals surface area contributed by atoms with Gasteiger partial charge in [0.1, 0.15) is 10.9 Å². The van der Waals surface area contributed by atoms with E-state index in [9.17, 15) is 4.55 Å². The first kappa shape index (κ1) is 15.0. The Hall–Kier alpha value is -0.0700. The lowest BCUT2D eigenvalue weighted by Crippen LogP contribution is -2.44. The van der Waals surface area contributed by atoms with Gasteiger partial charge >= 0.3 is 0 Å². The van der Waals surface area contributed by atoms with E-state index in [1.54, 1.807) is 0 Å². The smallest absolute Gasteiger partial charge is 0.137 e. The van der Waals surface area contributed by atoms with Gasteiger partial charge in [0.2, 0.25) is 0 Å². The van der Waals surface area contributed by atoms with E-state index in [-0.39, 0.29) is 4.75 Å². The van der Waals surface area contributed by atoms with E-state index >= 15 is 0 Å². The summed E-state index contributed by atoms with van der Waals surface area (Å²) >= 11 is 2.29. The zero-order chi connectivity index (χ0) is 13.2. The third kappa shape index (κ3) is 3.96. The van der Waals surface area contributed by atoms with Gasteiger partial charge in [-0.1, -0.05) is 28.1 Å². The number of nitrogens with one attached hydrogen (secondary N) is 1. The normalized spacial score (nSPS) is 15.7. The summed E-state index contributed by atoms with van der Waals surface area (Å²) in [5.41, 5.74) is 8.06. The molecule has 0 amide bonds. The first-order valence-corrected chi connectivity index (χ1v) is 7.36. The molecule has 0 aliphatic heterocycles. The summed E-state index contributed by atoms with van der Waals surface area (Å²) in [5.74, 6) is 0. The molecule has 0 saturated carbocycles. The molecule has 17 heavy (non-hydrogen) atoms. The van der Waals surface area contributed by atoms with E-state index < -0.39 is 17.5 Å². The van der Waals surface area contributed by atoms with E-state index in [0.29, 0.717) is 0 Å². The molecular weight excluding hydrogens is 300 g/mol. The average molecular weight is 319 g/mol. The summed E-state index contributed by atoms with van der Waals surface area (Å²) < 4.78 is 15.6. The summed E-state index contributed by atoms with van der Waals surface area (Å²) in [6.45, 7) is 7.73. The van der Waals surface area contributed by atoms with E-state index in [1.807, 2.05) is 45.9 Å². The largest absolute Gasteiger partial charge is 0.598 e. The van der Waals surface area contributed by atoms with Gasteiger partial charge in [-0.3, -0.25) is 0 Å². The molecule has 0 aliphatic carbocycles. The van der Waals surface area contributed by atoms with Gasteiger partial charge in [0, 0.05) is 15.8 Å². The van der Waals surface area contributed by atoms with Gasteiger partial charge in [-0.05, 0) is 44.9 Å². The highest BCUT2D eigenvalue weighted by Crippen LogP contribution is 2.24. The first-order valence-electron chi connectivity index (χ1n) is 5.42. The quantitative estimate of drug-likeness (QED) is 0.665. The molecule has 1 unspecified atom stereocenters. The SMILES string of the molecule is Cc1c(Br)cccc1[C@@H](N)N[S+]([O-])C(C)(C)C. The molecule has 0 saturated heterocycles. The van der Waals surface area contributed by atoms with Crippen molar-refractivity contribution in [2.24, 2.45) is 5.73 Å². The van der Waals surface area contributed by atoms with Gasteiger partial charge in [-0.2, -0.15) is 0 Å². The fourth-order valence-electron chi connectivity index (χ4n) is 1.32. The highest BCUT2D eigenvalue weighted by atomic mass is 79.9. The average Bonchev–Trinajstić information content (AvgIpc) is 2.20. The molecule has 2 atom stereocenters. The molecular formula is C12H19BrN2OS. The van der Waals surface area contributed by atoms with Crippen LogP contribution in [0.15, 0.2) is 22.7 Å². The lowest BCUT2D eigenvalue weighted by molar-refractivity contribution is 0.526. The zero-order valence-electron chi connectivity index (χ0n) is 10.6. The summed E-state index contributed by atoms with van der Waals surface area (Å²) in [7, 11) is 0. The first-order chi connectivity index (χ1) is 7.73. The highest BCUT2D eigenvalue weighted by molar-refractivity contribution is 9.10. The Bertz CT molecular complexity index is 393. The van der Waals surface area contributed by atoms with Crippen LogP contribution in [-0.2, 0) is 11.4 Å². The maximum absolute atomic E-state index is 12.0. The fourth-order valence-corrected chi connectivity index (χ4v) is 2.41. The summed E-state index contributed by atoms with van der Waals surface area (Å²) in [4.78, 5) is 0. The van der Waals surface area contributed by atoms with Crippen molar-refractivity contribution in [3.05, 3.63) is 33.8 Å². The molecule has 1 aromatic carbocycles. The Labute approximate surface area is 115 Å². The minimum Gasteiger partial charge on any atom is -0.598 e. The van der Waals surface area contributed by atoms with Crippen LogP contribution < -0.4 is 10.5 Å². The van der Waals surface area contributed by atoms with Gasteiger partial charge in [0.15, 0.2) is 0 Å². The molecule has 0 aliphatic rings. The molecule has 0 aromatic heterocycles.